The van der Waals surface area contributed by atoms with Crippen molar-refractivity contribution in [3.05, 3.63) is 17.5 Å². The van der Waals surface area contributed by atoms with Crippen molar-refractivity contribution in [3.63, 3.8) is 0 Å². The minimum atomic E-state index is -1.58. The van der Waals surface area contributed by atoms with Crippen LogP contribution in [0.2, 0.25) is 0 Å². The molecule has 0 aromatic carbocycles. The first kappa shape index (κ1) is 10.7. The molecule has 0 fully saturated rings. The SMILES string of the molecule is CC(C)N1C=C(B(O)O)C=NC1=C=O. The average molecular weight is 194 g/mol. The van der Waals surface area contributed by atoms with Crippen LogP contribution in [-0.4, -0.2) is 40.3 Å². The lowest BCUT2D eigenvalue weighted by Gasteiger charge is -2.26. The fourth-order valence-corrected chi connectivity index (χ4v) is 1.06. The summed E-state index contributed by atoms with van der Waals surface area (Å²) in [5, 5.41) is 17.8. The quantitative estimate of drug-likeness (QED) is 0.452. The van der Waals surface area contributed by atoms with Gasteiger partial charge in [0, 0.05) is 23.9 Å². The molecule has 1 aliphatic heterocycles. The van der Waals surface area contributed by atoms with E-state index >= 15 is 0 Å². The first-order valence-corrected chi connectivity index (χ1v) is 4.21. The second-order valence-electron chi connectivity index (χ2n) is 3.19. The smallest absolute Gasteiger partial charge is 0.423 e. The molecule has 14 heavy (non-hydrogen) atoms. The predicted molar refractivity (Wildman–Crippen MR) is 52.9 cm³/mol. The van der Waals surface area contributed by atoms with Gasteiger partial charge in [0.25, 0.3) is 0 Å². The standard InChI is InChI=1S/C8H11BN2O3/c1-6(2)11-4-7(9(13)14)3-10-8(11)5-12/h3-4,6,13-14H,1-2H3. The number of rotatable bonds is 2. The molecule has 5 nitrogen and oxygen atoms in total. The summed E-state index contributed by atoms with van der Waals surface area (Å²) in [7, 11) is -1.58. The third kappa shape index (κ3) is 2.11. The third-order valence-corrected chi connectivity index (χ3v) is 1.81. The maximum atomic E-state index is 10.5. The topological polar surface area (TPSA) is 73.1 Å². The van der Waals surface area contributed by atoms with E-state index in [4.69, 9.17) is 10.0 Å². The van der Waals surface area contributed by atoms with Crippen LogP contribution in [0.5, 0.6) is 0 Å². The Morgan fingerprint density at radius 3 is 2.64 bits per heavy atom. The van der Waals surface area contributed by atoms with Gasteiger partial charge in [-0.2, -0.15) is 0 Å². The van der Waals surface area contributed by atoms with Crippen LogP contribution in [0.1, 0.15) is 13.8 Å². The van der Waals surface area contributed by atoms with Crippen molar-refractivity contribution in [2.75, 3.05) is 0 Å². The van der Waals surface area contributed by atoms with Crippen molar-refractivity contribution >= 4 is 19.3 Å². The summed E-state index contributed by atoms with van der Waals surface area (Å²) in [4.78, 5) is 15.8. The summed E-state index contributed by atoms with van der Waals surface area (Å²) < 4.78 is 0. The van der Waals surface area contributed by atoms with E-state index in [2.05, 4.69) is 4.99 Å². The van der Waals surface area contributed by atoms with Crippen LogP contribution in [0.15, 0.2) is 22.5 Å². The first-order chi connectivity index (χ1) is 6.56. The van der Waals surface area contributed by atoms with Crippen LogP contribution in [0.4, 0.5) is 0 Å². The molecule has 0 aromatic heterocycles. The van der Waals surface area contributed by atoms with Crippen LogP contribution < -0.4 is 0 Å². The molecule has 0 amide bonds. The van der Waals surface area contributed by atoms with E-state index in [0.29, 0.717) is 0 Å². The van der Waals surface area contributed by atoms with Gasteiger partial charge in [0.1, 0.15) is 0 Å². The normalized spacial score (nSPS) is 15.6. The Labute approximate surface area is 82.2 Å². The number of aliphatic imine (C=N–C) groups is 1. The number of hydrogen-bond acceptors (Lipinski definition) is 5. The Balaban J connectivity index is 3.00. The monoisotopic (exact) mass is 194 g/mol. The summed E-state index contributed by atoms with van der Waals surface area (Å²) >= 11 is 0. The Hall–Kier alpha value is -1.36. The molecule has 0 radical (unpaired) electrons. The molecule has 0 saturated carbocycles. The summed E-state index contributed by atoms with van der Waals surface area (Å²) in [6.45, 7) is 3.71. The van der Waals surface area contributed by atoms with Crippen molar-refractivity contribution in [1.82, 2.24) is 4.90 Å². The zero-order valence-corrected chi connectivity index (χ0v) is 8.01. The summed E-state index contributed by atoms with van der Waals surface area (Å²) in [6, 6.07) is 0.0117. The lowest BCUT2D eigenvalue weighted by atomic mass is 9.80. The van der Waals surface area contributed by atoms with Gasteiger partial charge < -0.3 is 14.9 Å². The fraction of sp³-hybridized carbons (Fsp3) is 0.375. The second kappa shape index (κ2) is 4.24. The maximum Gasteiger partial charge on any atom is 0.491 e. The predicted octanol–water partition coefficient (Wildman–Crippen LogP) is -0.650. The van der Waals surface area contributed by atoms with Gasteiger partial charge in [0.15, 0.2) is 5.94 Å². The highest BCUT2D eigenvalue weighted by Gasteiger charge is 2.21. The minimum Gasteiger partial charge on any atom is -0.423 e. The van der Waals surface area contributed by atoms with Crippen LogP contribution in [0.25, 0.3) is 0 Å². The molecule has 74 valence electrons. The van der Waals surface area contributed by atoms with E-state index < -0.39 is 7.12 Å². The first-order valence-electron chi connectivity index (χ1n) is 4.21. The largest absolute Gasteiger partial charge is 0.491 e. The summed E-state index contributed by atoms with van der Waals surface area (Å²) in [5.41, 5.74) is 0.248. The Morgan fingerprint density at radius 2 is 2.21 bits per heavy atom. The number of nitrogens with zero attached hydrogens (tertiary/aromatic N) is 2. The van der Waals surface area contributed by atoms with Crippen LogP contribution in [0, 0.1) is 0 Å². The molecule has 1 rings (SSSR count). The van der Waals surface area contributed by atoms with Gasteiger partial charge in [-0.25, -0.2) is 9.79 Å². The van der Waals surface area contributed by atoms with Crippen molar-refractivity contribution < 1.29 is 14.8 Å². The Morgan fingerprint density at radius 1 is 1.57 bits per heavy atom. The van der Waals surface area contributed by atoms with Crippen LogP contribution >= 0.6 is 0 Å². The number of carbonyl (C=O) groups excluding carboxylic acids is 1. The fourth-order valence-electron chi connectivity index (χ4n) is 1.06. The van der Waals surface area contributed by atoms with E-state index in [9.17, 15) is 4.79 Å². The zero-order valence-electron chi connectivity index (χ0n) is 8.01. The second-order valence-corrected chi connectivity index (χ2v) is 3.19. The lowest BCUT2D eigenvalue weighted by Crippen LogP contribution is -2.30. The van der Waals surface area contributed by atoms with Gasteiger partial charge in [-0.05, 0) is 13.8 Å². The molecule has 0 bridgehead atoms. The molecule has 1 aliphatic rings. The van der Waals surface area contributed by atoms with Gasteiger partial charge >= 0.3 is 7.12 Å². The van der Waals surface area contributed by atoms with E-state index in [1.807, 2.05) is 13.8 Å². The van der Waals surface area contributed by atoms with E-state index in [1.54, 1.807) is 5.94 Å². The molecule has 0 aromatic rings. The maximum absolute atomic E-state index is 10.5. The van der Waals surface area contributed by atoms with Crippen molar-refractivity contribution in [2.24, 2.45) is 4.99 Å². The van der Waals surface area contributed by atoms with Gasteiger partial charge in [-0.3, -0.25) is 0 Å². The number of allylic oxidation sites excluding steroid dienone is 1. The van der Waals surface area contributed by atoms with Crippen molar-refractivity contribution in [3.8, 4) is 0 Å². The molecule has 0 spiro atoms. The van der Waals surface area contributed by atoms with Crippen LogP contribution in [0.3, 0.4) is 0 Å². The summed E-state index contributed by atoms with van der Waals surface area (Å²) in [5.74, 6) is 1.82. The minimum absolute atomic E-state index is 0.0117. The highest BCUT2D eigenvalue weighted by molar-refractivity contribution is 6.57. The Kier molecular flexibility index (Phi) is 3.25. The molecule has 6 heteroatoms. The molecule has 0 unspecified atom stereocenters. The molecule has 0 aliphatic carbocycles. The molecule has 0 saturated heterocycles. The molecule has 0 atom stereocenters. The average Bonchev–Trinajstić information content (AvgIpc) is 2.16. The van der Waals surface area contributed by atoms with E-state index in [-0.39, 0.29) is 17.3 Å². The van der Waals surface area contributed by atoms with Crippen molar-refractivity contribution in [1.29, 1.82) is 0 Å². The zero-order chi connectivity index (χ0) is 10.7. The van der Waals surface area contributed by atoms with Gasteiger partial charge in [-0.15, -0.1) is 0 Å². The van der Waals surface area contributed by atoms with Gasteiger partial charge in [-0.1, -0.05) is 0 Å². The van der Waals surface area contributed by atoms with E-state index in [0.717, 1.165) is 0 Å². The molecule has 2 N–H and O–H groups in total. The third-order valence-electron chi connectivity index (χ3n) is 1.81. The van der Waals surface area contributed by atoms with Crippen LogP contribution in [-0.2, 0) is 4.79 Å². The van der Waals surface area contributed by atoms with Gasteiger partial charge in [0.2, 0.25) is 5.82 Å². The highest BCUT2D eigenvalue weighted by atomic mass is 16.4. The van der Waals surface area contributed by atoms with E-state index in [1.165, 1.54) is 17.3 Å². The molecular formula is C8H11BN2O3. The number of hydrogen-bond donors (Lipinski definition) is 2. The van der Waals surface area contributed by atoms with Gasteiger partial charge in [0.05, 0.1) is 0 Å². The lowest BCUT2D eigenvalue weighted by molar-refractivity contribution is 0.373. The highest BCUT2D eigenvalue weighted by Crippen LogP contribution is 2.15. The summed E-state index contributed by atoms with van der Waals surface area (Å²) in [6.07, 6.45) is 2.71. The molecule has 1 heterocycles. The Bertz CT molecular complexity index is 329. The van der Waals surface area contributed by atoms with Crippen molar-refractivity contribution in [2.45, 2.75) is 19.9 Å². The molecular weight excluding hydrogens is 183 g/mol.